The van der Waals surface area contributed by atoms with Crippen molar-refractivity contribution in [3.8, 4) is 0 Å². The van der Waals surface area contributed by atoms with Crippen molar-refractivity contribution >= 4 is 23.2 Å². The molecule has 8 heteroatoms. The Balaban J connectivity index is 4.50. The number of amides is 1. The summed E-state index contributed by atoms with van der Waals surface area (Å²) in [6.07, 6.45) is 1.48. The molecule has 0 radical (unpaired) electrons. The third kappa shape index (κ3) is 7.22. The van der Waals surface area contributed by atoms with Crippen molar-refractivity contribution in [3.63, 3.8) is 0 Å². The van der Waals surface area contributed by atoms with Crippen molar-refractivity contribution in [1.29, 1.82) is 0 Å². The van der Waals surface area contributed by atoms with Crippen molar-refractivity contribution in [2.45, 2.75) is 64.7 Å². The van der Waals surface area contributed by atoms with Gasteiger partial charge in [0.2, 0.25) is 0 Å². The highest BCUT2D eigenvalue weighted by molar-refractivity contribution is 6.74. The van der Waals surface area contributed by atoms with Gasteiger partial charge in [-0.3, -0.25) is 0 Å². The van der Waals surface area contributed by atoms with Crippen LogP contribution in [-0.2, 0) is 17.7 Å². The molecule has 0 atom stereocenters. The summed E-state index contributed by atoms with van der Waals surface area (Å²) in [4.78, 5) is 14.0. The summed E-state index contributed by atoms with van der Waals surface area (Å²) in [6.45, 7) is 9.65. The number of hydrogen-bond donors (Lipinski definition) is 0. The van der Waals surface area contributed by atoms with Gasteiger partial charge in [0.05, 0.1) is 0 Å². The highest BCUT2D eigenvalue weighted by Crippen LogP contribution is 2.23. The molecule has 0 fully saturated rings. The van der Waals surface area contributed by atoms with E-state index in [9.17, 15) is 4.79 Å². The Bertz CT molecular complexity index is 341. The van der Waals surface area contributed by atoms with Crippen LogP contribution in [0, 0.1) is 0 Å². The number of carbonyl (C=O) groups is 1. The van der Waals surface area contributed by atoms with Crippen molar-refractivity contribution in [3.05, 3.63) is 0 Å². The van der Waals surface area contributed by atoms with Crippen LogP contribution in [-0.4, -0.2) is 62.5 Å². The second-order valence-corrected chi connectivity index (χ2v) is 13.7. The van der Waals surface area contributed by atoms with E-state index in [1.165, 1.54) is 0 Å². The molecule has 0 rings (SSSR count). The SMILES string of the molecule is CCCO[Si](CCCN(C)C(=O)O[Si](CC)(CC)CC)(OC)OC. The quantitative estimate of drug-likeness (QED) is 0.451. The molecular weight excluding hydrogens is 342 g/mol. The van der Waals surface area contributed by atoms with Crippen LogP contribution in [0.25, 0.3) is 0 Å². The van der Waals surface area contributed by atoms with Crippen LogP contribution < -0.4 is 0 Å². The standard InChI is InChI=1S/C16H37NO5Si2/c1-8-14-21-24(19-6,20-7)15-12-13-17(5)16(18)22-23(9-2,10-3)11-4/h8-15H2,1-7H3. The molecule has 0 unspecified atom stereocenters. The molecule has 0 bridgehead atoms. The molecule has 0 N–H and O–H groups in total. The minimum Gasteiger partial charge on any atom is -0.503 e. The first-order valence-corrected chi connectivity index (χ1v) is 13.5. The molecule has 0 aromatic carbocycles. The molecule has 0 aliphatic rings. The Morgan fingerprint density at radius 3 is 1.96 bits per heavy atom. The van der Waals surface area contributed by atoms with Crippen LogP contribution >= 0.6 is 0 Å². The van der Waals surface area contributed by atoms with Crippen LogP contribution in [0.1, 0.15) is 40.5 Å². The van der Waals surface area contributed by atoms with Gasteiger partial charge in [-0.15, -0.1) is 0 Å². The molecule has 0 aliphatic heterocycles. The summed E-state index contributed by atoms with van der Waals surface area (Å²) in [7, 11) is 0.543. The van der Waals surface area contributed by atoms with Crippen LogP contribution in [0.15, 0.2) is 0 Å². The van der Waals surface area contributed by atoms with Gasteiger partial charge in [-0.05, 0) is 31.0 Å². The smallest absolute Gasteiger partial charge is 0.500 e. The van der Waals surface area contributed by atoms with Crippen molar-refractivity contribution in [1.82, 2.24) is 4.90 Å². The molecule has 0 saturated carbocycles. The second kappa shape index (κ2) is 12.0. The van der Waals surface area contributed by atoms with Gasteiger partial charge < -0.3 is 22.6 Å². The Morgan fingerprint density at radius 1 is 1.00 bits per heavy atom. The third-order valence-corrected chi connectivity index (χ3v) is 12.0. The minimum atomic E-state index is -2.60. The van der Waals surface area contributed by atoms with E-state index >= 15 is 0 Å². The minimum absolute atomic E-state index is 0.205. The number of nitrogens with zero attached hydrogens (tertiary/aromatic N) is 1. The average Bonchev–Trinajstić information content (AvgIpc) is 2.62. The molecule has 0 saturated heterocycles. The summed E-state index contributed by atoms with van der Waals surface area (Å²) in [5.74, 6) is 0. The zero-order chi connectivity index (χ0) is 18.6. The van der Waals surface area contributed by atoms with Gasteiger partial charge in [-0.1, -0.05) is 27.7 Å². The summed E-state index contributed by atoms with van der Waals surface area (Å²) in [5.41, 5.74) is 0. The lowest BCUT2D eigenvalue weighted by Crippen LogP contribution is -2.45. The molecule has 0 aliphatic carbocycles. The Labute approximate surface area is 150 Å². The summed E-state index contributed by atoms with van der Waals surface area (Å²) in [6, 6.07) is 3.59. The van der Waals surface area contributed by atoms with Crippen molar-refractivity contribution in [2.24, 2.45) is 0 Å². The van der Waals surface area contributed by atoms with Gasteiger partial charge in [-0.25, -0.2) is 4.79 Å². The predicted molar refractivity (Wildman–Crippen MR) is 102 cm³/mol. The summed E-state index contributed by atoms with van der Waals surface area (Å²) in [5, 5.41) is 0. The fourth-order valence-corrected chi connectivity index (χ4v) is 7.11. The van der Waals surface area contributed by atoms with Gasteiger partial charge in [0.1, 0.15) is 0 Å². The Hall–Kier alpha value is -0.416. The van der Waals surface area contributed by atoms with Gasteiger partial charge in [0, 0.05) is 40.5 Å². The maximum atomic E-state index is 12.4. The number of hydrogen-bond acceptors (Lipinski definition) is 5. The average molecular weight is 380 g/mol. The first-order valence-electron chi connectivity index (χ1n) is 9.06. The molecule has 0 spiro atoms. The molecule has 144 valence electrons. The van der Waals surface area contributed by atoms with E-state index in [1.807, 2.05) is 0 Å². The van der Waals surface area contributed by atoms with E-state index in [2.05, 4.69) is 27.7 Å². The largest absolute Gasteiger partial charge is 0.503 e. The summed E-state index contributed by atoms with van der Waals surface area (Å²) >= 11 is 0. The van der Waals surface area contributed by atoms with E-state index in [1.54, 1.807) is 26.2 Å². The van der Waals surface area contributed by atoms with E-state index in [0.29, 0.717) is 19.2 Å². The van der Waals surface area contributed by atoms with E-state index in [4.69, 9.17) is 17.7 Å². The molecule has 0 aromatic rings. The van der Waals surface area contributed by atoms with E-state index < -0.39 is 17.1 Å². The van der Waals surface area contributed by atoms with Crippen LogP contribution in [0.5, 0.6) is 0 Å². The van der Waals surface area contributed by atoms with Gasteiger partial charge in [0.15, 0.2) is 0 Å². The lowest BCUT2D eigenvalue weighted by atomic mass is 10.4. The zero-order valence-electron chi connectivity index (χ0n) is 16.6. The highest BCUT2D eigenvalue weighted by atomic mass is 28.4. The van der Waals surface area contributed by atoms with Gasteiger partial charge in [0.25, 0.3) is 8.32 Å². The first-order chi connectivity index (χ1) is 11.4. The molecule has 1 amide bonds. The Kier molecular flexibility index (Phi) is 11.8. The highest BCUT2D eigenvalue weighted by Gasteiger charge is 2.38. The van der Waals surface area contributed by atoms with Crippen molar-refractivity contribution in [2.75, 3.05) is 34.4 Å². The van der Waals surface area contributed by atoms with Gasteiger partial charge in [-0.2, -0.15) is 0 Å². The van der Waals surface area contributed by atoms with E-state index in [0.717, 1.165) is 31.0 Å². The van der Waals surface area contributed by atoms with Crippen LogP contribution in [0.4, 0.5) is 4.79 Å². The molecule has 0 aromatic heterocycles. The number of carbonyl (C=O) groups excluding carboxylic acids is 1. The fraction of sp³-hybridized carbons (Fsp3) is 0.938. The van der Waals surface area contributed by atoms with E-state index in [-0.39, 0.29) is 6.09 Å². The third-order valence-electron chi connectivity index (χ3n) is 4.67. The lowest BCUT2D eigenvalue weighted by molar-refractivity contribution is 0.0964. The topological polar surface area (TPSA) is 57.2 Å². The molecule has 24 heavy (non-hydrogen) atoms. The van der Waals surface area contributed by atoms with Gasteiger partial charge >= 0.3 is 14.9 Å². The van der Waals surface area contributed by atoms with Crippen molar-refractivity contribution < 1.29 is 22.5 Å². The maximum absolute atomic E-state index is 12.4. The normalized spacial score (nSPS) is 12.3. The molecular formula is C16H37NO5Si2. The van der Waals surface area contributed by atoms with Crippen LogP contribution in [0.3, 0.4) is 0 Å². The second-order valence-electron chi connectivity index (χ2n) is 6.08. The summed E-state index contributed by atoms with van der Waals surface area (Å²) < 4.78 is 22.8. The van der Waals surface area contributed by atoms with Crippen LogP contribution in [0.2, 0.25) is 24.2 Å². The monoisotopic (exact) mass is 379 g/mol. The Morgan fingerprint density at radius 2 is 1.54 bits per heavy atom. The molecule has 6 nitrogen and oxygen atoms in total. The maximum Gasteiger partial charge on any atom is 0.500 e. The first kappa shape index (κ1) is 23.6. The fourth-order valence-electron chi connectivity index (χ4n) is 2.59. The zero-order valence-corrected chi connectivity index (χ0v) is 18.6. The predicted octanol–water partition coefficient (Wildman–Crippen LogP) is 4.11. The lowest BCUT2D eigenvalue weighted by Gasteiger charge is -2.31. The molecule has 0 heterocycles. The number of rotatable bonds is 13.